The van der Waals surface area contributed by atoms with Crippen LogP contribution in [0.4, 0.5) is 0 Å². The van der Waals surface area contributed by atoms with Crippen LogP contribution >= 0.6 is 0 Å². The maximum Gasteiger partial charge on any atom is 0.331 e. The van der Waals surface area contributed by atoms with Crippen molar-refractivity contribution in [1.82, 2.24) is 14.9 Å². The van der Waals surface area contributed by atoms with Crippen LogP contribution in [-0.2, 0) is 10.6 Å². The van der Waals surface area contributed by atoms with E-state index >= 15 is 0 Å². The first-order valence-corrected chi connectivity index (χ1v) is 14.5. The van der Waals surface area contributed by atoms with Gasteiger partial charge in [0.15, 0.2) is 0 Å². The summed E-state index contributed by atoms with van der Waals surface area (Å²) in [6.07, 6.45) is 20.7. The fourth-order valence-electron chi connectivity index (χ4n) is 5.10. The number of ether oxygens (including phenoxy) is 1. The Morgan fingerprint density at radius 1 is 0.944 bits per heavy atom. The molecule has 4 N–H and O–H groups in total. The van der Waals surface area contributed by atoms with E-state index in [1.54, 1.807) is 6.92 Å². The van der Waals surface area contributed by atoms with Crippen molar-refractivity contribution in [2.45, 2.75) is 141 Å². The van der Waals surface area contributed by atoms with Crippen LogP contribution in [0.15, 0.2) is 15.8 Å². The molecule has 8 heteroatoms. The van der Waals surface area contributed by atoms with E-state index < -0.39 is 29.3 Å². The fraction of sp³-hybridized carbons (Fsp3) is 0.857. The molecule has 0 bridgehead atoms. The van der Waals surface area contributed by atoms with E-state index in [0.29, 0.717) is 12.1 Å². The SMILES string of the molecule is CCCCCCCCCCCCCCCCCCN[C@]1(n2cc(C)c(=O)[nH]c2=O)C[C@H](O)[C@@H](CO)O1. The summed E-state index contributed by atoms with van der Waals surface area (Å²) in [5, 5.41) is 23.2. The van der Waals surface area contributed by atoms with Crippen molar-refractivity contribution in [3.63, 3.8) is 0 Å². The molecule has 1 aromatic rings. The molecule has 0 unspecified atom stereocenters. The number of hydrogen-bond acceptors (Lipinski definition) is 6. The lowest BCUT2D eigenvalue weighted by molar-refractivity contribution is -0.140. The van der Waals surface area contributed by atoms with Crippen LogP contribution in [0.25, 0.3) is 0 Å². The number of unbranched alkanes of at least 4 members (excludes halogenated alkanes) is 15. The second-order valence-electron chi connectivity index (χ2n) is 10.6. The maximum absolute atomic E-state index is 12.5. The number of hydrogen-bond donors (Lipinski definition) is 4. The lowest BCUT2D eigenvalue weighted by atomic mass is 10.0. The number of rotatable bonds is 20. The number of aromatic nitrogens is 2. The van der Waals surface area contributed by atoms with Gasteiger partial charge in [0.1, 0.15) is 6.10 Å². The van der Waals surface area contributed by atoms with E-state index in [2.05, 4.69) is 17.2 Å². The number of nitrogens with one attached hydrogen (secondary N) is 2. The quantitative estimate of drug-likeness (QED) is 0.193. The standard InChI is InChI=1S/C28H51N3O5/c1-3-4-5-6-7-8-9-10-11-12-13-14-15-16-17-18-19-29-28(20-24(33)25(22-32)36-28)31-21-23(2)26(34)30-27(31)35/h21,24-25,29,32-33H,3-20,22H2,1-2H3,(H,30,34,35)/t24-,25+,28-/m0/s1. The normalized spacial score (nSPS) is 21.9. The van der Waals surface area contributed by atoms with Crippen molar-refractivity contribution in [2.24, 2.45) is 0 Å². The summed E-state index contributed by atoms with van der Waals surface area (Å²) < 4.78 is 7.23. The molecule has 1 fully saturated rings. The molecule has 0 amide bonds. The summed E-state index contributed by atoms with van der Waals surface area (Å²) in [4.78, 5) is 26.6. The molecular weight excluding hydrogens is 458 g/mol. The first-order valence-electron chi connectivity index (χ1n) is 14.5. The Labute approximate surface area is 216 Å². The Bertz CT molecular complexity index is 839. The molecule has 2 rings (SSSR count). The molecule has 0 radical (unpaired) electrons. The van der Waals surface area contributed by atoms with Crippen molar-refractivity contribution in [3.05, 3.63) is 32.6 Å². The number of nitrogens with zero attached hydrogens (tertiary/aromatic N) is 1. The van der Waals surface area contributed by atoms with Gasteiger partial charge in [-0.05, 0) is 19.9 Å². The fourth-order valence-corrected chi connectivity index (χ4v) is 5.10. The van der Waals surface area contributed by atoms with E-state index in [1.807, 2.05) is 0 Å². The molecule has 3 atom stereocenters. The Morgan fingerprint density at radius 3 is 1.92 bits per heavy atom. The zero-order chi connectivity index (χ0) is 26.2. The smallest absolute Gasteiger partial charge is 0.331 e. The van der Waals surface area contributed by atoms with Crippen molar-refractivity contribution in [2.75, 3.05) is 13.2 Å². The first kappa shape index (κ1) is 30.7. The van der Waals surface area contributed by atoms with Gasteiger partial charge in [0.2, 0.25) is 5.85 Å². The van der Waals surface area contributed by atoms with E-state index in [9.17, 15) is 19.8 Å². The molecule has 8 nitrogen and oxygen atoms in total. The number of aliphatic hydroxyl groups excluding tert-OH is 2. The monoisotopic (exact) mass is 509 g/mol. The maximum atomic E-state index is 12.5. The molecule has 2 heterocycles. The van der Waals surface area contributed by atoms with Gasteiger partial charge in [-0.25, -0.2) is 4.79 Å². The number of aliphatic hydroxyl groups is 2. The lowest BCUT2D eigenvalue weighted by Crippen LogP contribution is -2.54. The highest BCUT2D eigenvalue weighted by atomic mass is 16.6. The van der Waals surface area contributed by atoms with Crippen molar-refractivity contribution >= 4 is 0 Å². The predicted molar refractivity (Wildman–Crippen MR) is 144 cm³/mol. The van der Waals surface area contributed by atoms with E-state index in [4.69, 9.17) is 4.74 Å². The molecule has 0 saturated carbocycles. The van der Waals surface area contributed by atoms with E-state index in [1.165, 1.54) is 101 Å². The minimum absolute atomic E-state index is 0.114. The van der Waals surface area contributed by atoms with Crippen LogP contribution in [-0.4, -0.2) is 45.1 Å². The zero-order valence-corrected chi connectivity index (χ0v) is 22.7. The van der Waals surface area contributed by atoms with Crippen LogP contribution in [0, 0.1) is 6.92 Å². The lowest BCUT2D eigenvalue weighted by Gasteiger charge is -2.32. The van der Waals surface area contributed by atoms with Gasteiger partial charge in [0, 0.05) is 18.2 Å². The van der Waals surface area contributed by atoms with Gasteiger partial charge in [-0.2, -0.15) is 0 Å². The van der Waals surface area contributed by atoms with Crippen molar-refractivity contribution < 1.29 is 14.9 Å². The van der Waals surface area contributed by atoms with Crippen LogP contribution < -0.4 is 16.6 Å². The summed E-state index contributed by atoms with van der Waals surface area (Å²) in [7, 11) is 0. The first-order chi connectivity index (χ1) is 17.4. The van der Waals surface area contributed by atoms with Gasteiger partial charge in [-0.3, -0.25) is 19.7 Å². The summed E-state index contributed by atoms with van der Waals surface area (Å²) in [5.74, 6) is -1.28. The average molecular weight is 510 g/mol. The van der Waals surface area contributed by atoms with E-state index in [0.717, 1.165) is 12.8 Å². The van der Waals surface area contributed by atoms with Gasteiger partial charge in [0.05, 0.1) is 12.7 Å². The second kappa shape index (κ2) is 17.1. The number of aromatic amines is 1. The molecule has 0 aliphatic carbocycles. The molecular formula is C28H51N3O5. The predicted octanol–water partition coefficient (Wildman–Crippen LogP) is 4.45. The Kier molecular flexibility index (Phi) is 14.6. The van der Waals surface area contributed by atoms with Crippen molar-refractivity contribution in [1.29, 1.82) is 0 Å². The summed E-state index contributed by atoms with van der Waals surface area (Å²) in [6.45, 7) is 4.14. The van der Waals surface area contributed by atoms with Crippen molar-refractivity contribution in [3.8, 4) is 0 Å². The minimum atomic E-state index is -1.28. The highest BCUT2D eigenvalue weighted by Gasteiger charge is 2.47. The van der Waals surface area contributed by atoms with E-state index in [-0.39, 0.29) is 13.0 Å². The van der Waals surface area contributed by atoms with Crippen LogP contribution in [0.2, 0.25) is 0 Å². The minimum Gasteiger partial charge on any atom is -0.394 e. The zero-order valence-electron chi connectivity index (χ0n) is 22.7. The Hall–Kier alpha value is -1.48. The van der Waals surface area contributed by atoms with Gasteiger partial charge < -0.3 is 14.9 Å². The van der Waals surface area contributed by atoms with Gasteiger partial charge in [-0.15, -0.1) is 0 Å². The third kappa shape index (κ3) is 10.1. The highest BCUT2D eigenvalue weighted by Crippen LogP contribution is 2.32. The summed E-state index contributed by atoms with van der Waals surface area (Å²) in [5.41, 5.74) is -0.666. The highest BCUT2D eigenvalue weighted by molar-refractivity contribution is 5.04. The largest absolute Gasteiger partial charge is 0.394 e. The Morgan fingerprint density at radius 2 is 1.44 bits per heavy atom. The molecule has 0 spiro atoms. The molecule has 36 heavy (non-hydrogen) atoms. The third-order valence-electron chi connectivity index (χ3n) is 7.38. The summed E-state index contributed by atoms with van der Waals surface area (Å²) in [6, 6.07) is 0. The molecule has 1 aromatic heterocycles. The van der Waals surface area contributed by atoms with Gasteiger partial charge in [0.25, 0.3) is 5.56 Å². The molecule has 1 saturated heterocycles. The van der Waals surface area contributed by atoms with Crippen LogP contribution in [0.5, 0.6) is 0 Å². The van der Waals surface area contributed by atoms with Crippen LogP contribution in [0.1, 0.15) is 122 Å². The van der Waals surface area contributed by atoms with Gasteiger partial charge >= 0.3 is 5.69 Å². The van der Waals surface area contributed by atoms with Crippen LogP contribution in [0.3, 0.4) is 0 Å². The topological polar surface area (TPSA) is 117 Å². The number of aryl methyl sites for hydroxylation is 1. The second-order valence-corrected chi connectivity index (χ2v) is 10.6. The molecule has 1 aliphatic rings. The van der Waals surface area contributed by atoms with Gasteiger partial charge in [-0.1, -0.05) is 103 Å². The summed E-state index contributed by atoms with van der Waals surface area (Å²) >= 11 is 0. The number of H-pyrrole nitrogens is 1. The Balaban J connectivity index is 1.61. The molecule has 208 valence electrons. The molecule has 0 aromatic carbocycles. The molecule has 1 aliphatic heterocycles. The average Bonchev–Trinajstić information content (AvgIpc) is 3.19. The third-order valence-corrected chi connectivity index (χ3v) is 7.38.